The number of carbonyl (C=O) groups excluding carboxylic acids is 1. The Morgan fingerprint density at radius 2 is 2.20 bits per heavy atom. The number of hydrogen-bond acceptors (Lipinski definition) is 4. The Morgan fingerprint density at radius 3 is 2.73 bits per heavy atom. The first-order valence-electron chi connectivity index (χ1n) is 4.38. The smallest absolute Gasteiger partial charge is 0.276 e. The highest BCUT2D eigenvalue weighted by atomic mass is 16.6. The zero-order valence-electron chi connectivity index (χ0n) is 8.52. The van der Waals surface area contributed by atoms with E-state index in [2.05, 4.69) is 0 Å². The summed E-state index contributed by atoms with van der Waals surface area (Å²) >= 11 is 0. The number of rotatable bonds is 4. The molecule has 0 heterocycles. The van der Waals surface area contributed by atoms with E-state index in [4.69, 9.17) is 4.74 Å². The highest BCUT2D eigenvalue weighted by Crippen LogP contribution is 2.26. The summed E-state index contributed by atoms with van der Waals surface area (Å²) in [5, 5.41) is 10.6. The molecule has 0 N–H and O–H groups in total. The van der Waals surface area contributed by atoms with Crippen molar-refractivity contribution >= 4 is 11.5 Å². The highest BCUT2D eigenvalue weighted by molar-refractivity contribution is 5.77. The third-order valence-electron chi connectivity index (χ3n) is 1.88. The van der Waals surface area contributed by atoms with Crippen LogP contribution in [0, 0.1) is 17.0 Å². The normalized spacial score (nSPS) is 9.73. The molecule has 5 heteroatoms. The van der Waals surface area contributed by atoms with Crippen LogP contribution in [0.4, 0.5) is 5.69 Å². The molecule has 1 aromatic rings. The van der Waals surface area contributed by atoms with Crippen LogP contribution < -0.4 is 4.74 Å². The largest absolute Gasteiger partial charge is 0.485 e. The minimum absolute atomic E-state index is 0.00366. The van der Waals surface area contributed by atoms with Crippen molar-refractivity contribution in [3.63, 3.8) is 0 Å². The lowest BCUT2D eigenvalue weighted by molar-refractivity contribution is -0.385. The van der Waals surface area contributed by atoms with Crippen LogP contribution in [-0.4, -0.2) is 17.3 Å². The van der Waals surface area contributed by atoms with E-state index < -0.39 is 4.92 Å². The first kappa shape index (κ1) is 11.2. The molecule has 0 amide bonds. The summed E-state index contributed by atoms with van der Waals surface area (Å²) in [5.74, 6) is 0.250. The molecule has 0 aromatic heterocycles. The molecule has 0 aliphatic carbocycles. The maximum atomic E-state index is 10.7. The van der Waals surface area contributed by atoms with Crippen LogP contribution in [0.25, 0.3) is 0 Å². The number of nitro groups is 1. The molecule has 0 atom stereocenters. The van der Waals surface area contributed by atoms with Crippen LogP contribution in [-0.2, 0) is 4.79 Å². The maximum Gasteiger partial charge on any atom is 0.276 e. The molecule has 80 valence electrons. The van der Waals surface area contributed by atoms with Gasteiger partial charge in [0.05, 0.1) is 10.5 Å². The zero-order chi connectivity index (χ0) is 11.4. The van der Waals surface area contributed by atoms with Gasteiger partial charge >= 0.3 is 0 Å². The standard InChI is InChI=1S/C10H11NO4/c1-7(12)6-15-10-5-3-4-9(8(10)2)11(13)14/h3-5H,6H2,1-2H3. The van der Waals surface area contributed by atoms with Gasteiger partial charge in [-0.1, -0.05) is 6.07 Å². The van der Waals surface area contributed by atoms with Gasteiger partial charge in [0.25, 0.3) is 5.69 Å². The van der Waals surface area contributed by atoms with Gasteiger partial charge in [-0.25, -0.2) is 0 Å². The van der Waals surface area contributed by atoms with Crippen LogP contribution in [0.5, 0.6) is 5.75 Å². The van der Waals surface area contributed by atoms with Gasteiger partial charge in [-0.2, -0.15) is 0 Å². The summed E-state index contributed by atoms with van der Waals surface area (Å²) < 4.78 is 5.14. The number of ketones is 1. The van der Waals surface area contributed by atoms with Gasteiger partial charge in [-0.05, 0) is 19.9 Å². The third-order valence-corrected chi connectivity index (χ3v) is 1.88. The molecule has 5 nitrogen and oxygen atoms in total. The Hall–Kier alpha value is -1.91. The number of Topliss-reactive ketones (excluding diaryl/α,β-unsaturated/α-hetero) is 1. The monoisotopic (exact) mass is 209 g/mol. The van der Waals surface area contributed by atoms with Gasteiger partial charge in [-0.15, -0.1) is 0 Å². The molecule has 0 fully saturated rings. The van der Waals surface area contributed by atoms with E-state index in [1.807, 2.05) is 0 Å². The molecule has 0 aliphatic heterocycles. The second-order valence-corrected chi connectivity index (χ2v) is 3.15. The summed E-state index contributed by atoms with van der Waals surface area (Å²) in [6.45, 7) is 2.92. The minimum atomic E-state index is -0.476. The van der Waals surface area contributed by atoms with Crippen LogP contribution >= 0.6 is 0 Å². The molecular weight excluding hydrogens is 198 g/mol. The minimum Gasteiger partial charge on any atom is -0.485 e. The first-order valence-corrected chi connectivity index (χ1v) is 4.38. The predicted molar refractivity (Wildman–Crippen MR) is 54.0 cm³/mol. The Labute approximate surface area is 86.8 Å². The van der Waals surface area contributed by atoms with E-state index >= 15 is 0 Å². The maximum absolute atomic E-state index is 10.7. The molecule has 0 spiro atoms. The number of carbonyl (C=O) groups is 1. The fraction of sp³-hybridized carbons (Fsp3) is 0.300. The molecule has 0 saturated carbocycles. The van der Waals surface area contributed by atoms with Crippen LogP contribution in [0.3, 0.4) is 0 Å². The average molecular weight is 209 g/mol. The molecular formula is C10H11NO4. The molecule has 0 aliphatic rings. The van der Waals surface area contributed by atoms with Gasteiger partial charge in [0.15, 0.2) is 5.78 Å². The first-order chi connectivity index (χ1) is 7.02. The summed E-state index contributed by atoms with van der Waals surface area (Å²) in [5.41, 5.74) is 0.430. The van der Waals surface area contributed by atoms with Crippen molar-refractivity contribution in [3.8, 4) is 5.75 Å². The van der Waals surface area contributed by atoms with Crippen molar-refractivity contribution in [2.45, 2.75) is 13.8 Å². The van der Waals surface area contributed by atoms with E-state index in [-0.39, 0.29) is 18.1 Å². The second kappa shape index (κ2) is 4.54. The van der Waals surface area contributed by atoms with E-state index in [0.717, 1.165) is 0 Å². The fourth-order valence-corrected chi connectivity index (χ4v) is 1.14. The van der Waals surface area contributed by atoms with E-state index in [0.29, 0.717) is 11.3 Å². The Balaban J connectivity index is 2.94. The van der Waals surface area contributed by atoms with Crippen molar-refractivity contribution in [2.75, 3.05) is 6.61 Å². The Kier molecular flexibility index (Phi) is 3.38. The SMILES string of the molecule is CC(=O)COc1cccc([N+](=O)[O-])c1C. The summed E-state index contributed by atoms with van der Waals surface area (Å²) in [7, 11) is 0. The average Bonchev–Trinajstić information content (AvgIpc) is 2.15. The lowest BCUT2D eigenvalue weighted by Crippen LogP contribution is -2.07. The van der Waals surface area contributed by atoms with E-state index in [1.165, 1.54) is 19.1 Å². The molecule has 1 rings (SSSR count). The summed E-state index contributed by atoms with van der Waals surface area (Å²) in [6, 6.07) is 4.53. The highest BCUT2D eigenvalue weighted by Gasteiger charge is 2.14. The lowest BCUT2D eigenvalue weighted by Gasteiger charge is -2.06. The van der Waals surface area contributed by atoms with Crippen molar-refractivity contribution in [1.29, 1.82) is 0 Å². The van der Waals surface area contributed by atoms with Gasteiger partial charge < -0.3 is 4.74 Å². The van der Waals surface area contributed by atoms with Crippen LogP contribution in [0.1, 0.15) is 12.5 Å². The van der Waals surface area contributed by atoms with E-state index in [1.54, 1.807) is 13.0 Å². The molecule has 0 bridgehead atoms. The van der Waals surface area contributed by atoms with Gasteiger partial charge in [0.1, 0.15) is 12.4 Å². The molecule has 0 unspecified atom stereocenters. The predicted octanol–water partition coefficient (Wildman–Crippen LogP) is 1.87. The number of ether oxygens (including phenoxy) is 1. The van der Waals surface area contributed by atoms with Gasteiger partial charge in [0.2, 0.25) is 0 Å². The van der Waals surface area contributed by atoms with Crippen molar-refractivity contribution < 1.29 is 14.5 Å². The van der Waals surface area contributed by atoms with Crippen LogP contribution in [0.15, 0.2) is 18.2 Å². The zero-order valence-corrected chi connectivity index (χ0v) is 8.52. The summed E-state index contributed by atoms with van der Waals surface area (Å²) in [4.78, 5) is 20.8. The van der Waals surface area contributed by atoms with E-state index in [9.17, 15) is 14.9 Å². The molecule has 1 aromatic carbocycles. The Morgan fingerprint density at radius 1 is 1.53 bits per heavy atom. The van der Waals surface area contributed by atoms with Gasteiger partial charge in [-0.3, -0.25) is 14.9 Å². The van der Waals surface area contributed by atoms with Crippen molar-refractivity contribution in [2.24, 2.45) is 0 Å². The quantitative estimate of drug-likeness (QED) is 0.560. The molecule has 0 radical (unpaired) electrons. The van der Waals surface area contributed by atoms with Crippen molar-refractivity contribution in [1.82, 2.24) is 0 Å². The second-order valence-electron chi connectivity index (χ2n) is 3.15. The fourth-order valence-electron chi connectivity index (χ4n) is 1.14. The third kappa shape index (κ3) is 2.77. The van der Waals surface area contributed by atoms with Crippen molar-refractivity contribution in [3.05, 3.63) is 33.9 Å². The number of benzene rings is 1. The number of hydrogen-bond donors (Lipinski definition) is 0. The number of nitrogens with zero attached hydrogens (tertiary/aromatic N) is 1. The summed E-state index contributed by atoms with van der Waals surface area (Å²) in [6.07, 6.45) is 0. The van der Waals surface area contributed by atoms with Gasteiger partial charge in [0, 0.05) is 6.07 Å². The lowest BCUT2D eigenvalue weighted by atomic mass is 10.2. The van der Waals surface area contributed by atoms with Crippen LogP contribution in [0.2, 0.25) is 0 Å². The molecule has 15 heavy (non-hydrogen) atoms. The Bertz CT molecular complexity index is 400. The topological polar surface area (TPSA) is 69.4 Å². The molecule has 0 saturated heterocycles. The number of nitro benzene ring substituents is 1.